The first-order valence-electron chi connectivity index (χ1n) is 3.79. The summed E-state index contributed by atoms with van der Waals surface area (Å²) in [5.74, 6) is 0. The molecular weight excluding hydrogens is 150 g/mol. The van der Waals surface area contributed by atoms with E-state index >= 15 is 0 Å². The number of morpholine rings is 1. The van der Waals surface area contributed by atoms with Crippen molar-refractivity contribution < 1.29 is 4.74 Å². The van der Waals surface area contributed by atoms with Gasteiger partial charge in [0.1, 0.15) is 0 Å². The lowest BCUT2D eigenvalue weighted by atomic mass is 10.1. The van der Waals surface area contributed by atoms with Crippen LogP contribution in [-0.4, -0.2) is 31.2 Å². The van der Waals surface area contributed by atoms with Crippen LogP contribution in [0.25, 0.3) is 0 Å². The summed E-state index contributed by atoms with van der Waals surface area (Å²) in [6.07, 6.45) is 1.00. The molecule has 0 radical (unpaired) electrons. The molecule has 0 aromatic carbocycles. The molecule has 2 unspecified atom stereocenters. The van der Waals surface area contributed by atoms with E-state index in [1.54, 1.807) is 0 Å². The summed E-state index contributed by atoms with van der Waals surface area (Å²) in [7, 11) is 0. The Labute approximate surface area is 66.9 Å². The van der Waals surface area contributed by atoms with Crippen LogP contribution in [-0.2, 0) is 4.74 Å². The van der Waals surface area contributed by atoms with Gasteiger partial charge in [0.05, 0.1) is 18.6 Å². The van der Waals surface area contributed by atoms with Crippen LogP contribution >= 0.6 is 11.6 Å². The monoisotopic (exact) mass is 163 g/mol. The molecule has 1 saturated heterocycles. The van der Waals surface area contributed by atoms with Gasteiger partial charge in [-0.05, 0) is 6.42 Å². The average molecular weight is 164 g/mol. The number of rotatable bonds is 2. The fraction of sp³-hybridized carbons (Fsp3) is 1.00. The Morgan fingerprint density at radius 1 is 1.80 bits per heavy atom. The lowest BCUT2D eigenvalue weighted by Gasteiger charge is -2.26. The second kappa shape index (κ2) is 4.16. The Balaban J connectivity index is 2.24. The summed E-state index contributed by atoms with van der Waals surface area (Å²) in [6.45, 7) is 4.62. The molecule has 0 amide bonds. The van der Waals surface area contributed by atoms with Crippen LogP contribution in [0.5, 0.6) is 0 Å². The van der Waals surface area contributed by atoms with E-state index in [9.17, 15) is 0 Å². The van der Waals surface area contributed by atoms with Gasteiger partial charge in [-0.15, -0.1) is 11.6 Å². The first-order chi connectivity index (χ1) is 4.84. The Kier molecular flexibility index (Phi) is 3.46. The molecule has 0 aromatic rings. The first-order valence-corrected chi connectivity index (χ1v) is 4.23. The molecule has 1 heterocycles. The summed E-state index contributed by atoms with van der Waals surface area (Å²) in [5, 5.41) is 3.54. The molecular formula is C7H14ClNO. The number of hydrogen-bond acceptors (Lipinski definition) is 2. The van der Waals surface area contributed by atoms with E-state index in [1.165, 1.54) is 0 Å². The predicted octanol–water partition coefficient (Wildman–Crippen LogP) is 0.992. The molecule has 10 heavy (non-hydrogen) atoms. The Morgan fingerprint density at radius 2 is 2.60 bits per heavy atom. The number of hydrogen-bond donors (Lipinski definition) is 1. The molecule has 0 spiro atoms. The third-order valence-electron chi connectivity index (χ3n) is 1.78. The largest absolute Gasteiger partial charge is 0.378 e. The van der Waals surface area contributed by atoms with Crippen molar-refractivity contribution in [3.05, 3.63) is 0 Å². The molecule has 0 bridgehead atoms. The third-order valence-corrected chi connectivity index (χ3v) is 2.39. The summed E-state index contributed by atoms with van der Waals surface area (Å²) in [6, 6.07) is 0.361. The average Bonchev–Trinajstić information content (AvgIpc) is 2.05. The number of alkyl halides is 1. The van der Waals surface area contributed by atoms with E-state index < -0.39 is 0 Å². The quantitative estimate of drug-likeness (QED) is 0.614. The lowest BCUT2D eigenvalue weighted by Crippen LogP contribution is -2.46. The van der Waals surface area contributed by atoms with Gasteiger partial charge in [-0.3, -0.25) is 0 Å². The Bertz CT molecular complexity index is 93.6. The van der Waals surface area contributed by atoms with E-state index in [1.807, 2.05) is 0 Å². The summed E-state index contributed by atoms with van der Waals surface area (Å²) < 4.78 is 5.26. The zero-order chi connectivity index (χ0) is 7.40. The maximum absolute atomic E-state index is 6.00. The molecule has 1 fully saturated rings. The highest BCUT2D eigenvalue weighted by atomic mass is 35.5. The van der Waals surface area contributed by atoms with Crippen LogP contribution in [0.3, 0.4) is 0 Å². The topological polar surface area (TPSA) is 21.3 Å². The van der Waals surface area contributed by atoms with Crippen molar-refractivity contribution in [1.29, 1.82) is 0 Å². The van der Waals surface area contributed by atoms with Gasteiger partial charge in [-0.1, -0.05) is 6.92 Å². The van der Waals surface area contributed by atoms with Crippen LogP contribution < -0.4 is 5.32 Å². The number of halogens is 1. The molecule has 1 aliphatic rings. The normalized spacial score (nSPS) is 30.0. The molecule has 0 saturated carbocycles. The molecule has 60 valence electrons. The number of nitrogens with one attached hydrogen (secondary N) is 1. The minimum absolute atomic E-state index is 0.222. The molecule has 2 atom stereocenters. The molecule has 2 nitrogen and oxygen atoms in total. The highest BCUT2D eigenvalue weighted by Gasteiger charge is 2.19. The zero-order valence-corrected chi connectivity index (χ0v) is 7.03. The maximum Gasteiger partial charge on any atom is 0.0634 e. The second-order valence-corrected chi connectivity index (χ2v) is 3.12. The van der Waals surface area contributed by atoms with Crippen molar-refractivity contribution in [2.45, 2.75) is 24.8 Å². The maximum atomic E-state index is 6.00. The third kappa shape index (κ3) is 2.11. The highest BCUT2D eigenvalue weighted by molar-refractivity contribution is 6.21. The minimum atomic E-state index is 0.222. The van der Waals surface area contributed by atoms with Gasteiger partial charge in [0.25, 0.3) is 0 Å². The van der Waals surface area contributed by atoms with Gasteiger partial charge in [-0.25, -0.2) is 0 Å². The molecule has 3 heteroatoms. The highest BCUT2D eigenvalue weighted by Crippen LogP contribution is 2.09. The van der Waals surface area contributed by atoms with Crippen molar-refractivity contribution in [1.82, 2.24) is 5.32 Å². The molecule has 1 N–H and O–H groups in total. The van der Waals surface area contributed by atoms with Gasteiger partial charge >= 0.3 is 0 Å². The smallest absolute Gasteiger partial charge is 0.0634 e. The van der Waals surface area contributed by atoms with Crippen LogP contribution in [0.1, 0.15) is 13.3 Å². The van der Waals surface area contributed by atoms with Crippen LogP contribution in [0.2, 0.25) is 0 Å². The van der Waals surface area contributed by atoms with Crippen molar-refractivity contribution >= 4 is 11.6 Å². The standard InChI is InChI=1S/C7H14ClNO/c1-2-6(8)7-5-10-4-3-9-7/h6-7,9H,2-5H2,1H3. The van der Waals surface area contributed by atoms with Gasteiger partial charge in [-0.2, -0.15) is 0 Å². The zero-order valence-electron chi connectivity index (χ0n) is 6.27. The van der Waals surface area contributed by atoms with E-state index in [0.29, 0.717) is 6.04 Å². The Morgan fingerprint density at radius 3 is 3.10 bits per heavy atom. The molecule has 1 aliphatic heterocycles. The predicted molar refractivity (Wildman–Crippen MR) is 42.5 cm³/mol. The van der Waals surface area contributed by atoms with Gasteiger partial charge < -0.3 is 10.1 Å². The molecule has 0 aliphatic carbocycles. The van der Waals surface area contributed by atoms with E-state index in [-0.39, 0.29) is 5.38 Å². The van der Waals surface area contributed by atoms with Crippen molar-refractivity contribution in [2.75, 3.05) is 19.8 Å². The molecule has 1 rings (SSSR count). The number of ether oxygens (including phenoxy) is 1. The summed E-state index contributed by atoms with van der Waals surface area (Å²) in [4.78, 5) is 0. The molecule has 0 aromatic heterocycles. The SMILES string of the molecule is CCC(Cl)C1COCCN1. The first kappa shape index (κ1) is 8.31. The van der Waals surface area contributed by atoms with Crippen molar-refractivity contribution in [2.24, 2.45) is 0 Å². The summed E-state index contributed by atoms with van der Waals surface area (Å²) >= 11 is 6.00. The van der Waals surface area contributed by atoms with E-state index in [2.05, 4.69) is 12.2 Å². The van der Waals surface area contributed by atoms with Gasteiger partial charge in [0.15, 0.2) is 0 Å². The summed E-state index contributed by atoms with van der Waals surface area (Å²) in [5.41, 5.74) is 0. The van der Waals surface area contributed by atoms with Gasteiger partial charge in [0.2, 0.25) is 0 Å². The second-order valence-electron chi connectivity index (χ2n) is 2.56. The fourth-order valence-corrected chi connectivity index (χ4v) is 1.26. The van der Waals surface area contributed by atoms with Crippen LogP contribution in [0.4, 0.5) is 0 Å². The van der Waals surface area contributed by atoms with E-state index in [4.69, 9.17) is 16.3 Å². The van der Waals surface area contributed by atoms with Gasteiger partial charge in [0, 0.05) is 12.6 Å². The lowest BCUT2D eigenvalue weighted by molar-refractivity contribution is 0.0752. The van der Waals surface area contributed by atoms with Crippen molar-refractivity contribution in [3.8, 4) is 0 Å². The fourth-order valence-electron chi connectivity index (χ4n) is 1.10. The van der Waals surface area contributed by atoms with E-state index in [0.717, 1.165) is 26.2 Å². The van der Waals surface area contributed by atoms with Crippen LogP contribution in [0, 0.1) is 0 Å². The van der Waals surface area contributed by atoms with Crippen molar-refractivity contribution in [3.63, 3.8) is 0 Å². The van der Waals surface area contributed by atoms with Crippen LogP contribution in [0.15, 0.2) is 0 Å². The Hall–Kier alpha value is 0.210. The minimum Gasteiger partial charge on any atom is -0.378 e.